The molecule has 0 spiro atoms. The van der Waals surface area contributed by atoms with Crippen LogP contribution >= 0.6 is 0 Å². The van der Waals surface area contributed by atoms with E-state index >= 15 is 0 Å². The van der Waals surface area contributed by atoms with Gasteiger partial charge in [0, 0.05) is 0 Å². The number of hydrogen-bond donors (Lipinski definition) is 2. The first kappa shape index (κ1) is 15.7. The zero-order valence-corrected chi connectivity index (χ0v) is 5.94. The minimum atomic E-state index is -4.67. The zero-order chi connectivity index (χ0) is 4.50. The SMILES string of the molecule is O=S(=O)(O)O.[H-].[Na+].[SiH4]. The second-order valence-electron chi connectivity index (χ2n) is 0.448. The molecule has 0 atom stereocenters. The minimum absolute atomic E-state index is 0. The van der Waals surface area contributed by atoms with Gasteiger partial charge in [-0.05, 0) is 11.0 Å². The van der Waals surface area contributed by atoms with Gasteiger partial charge in [-0.25, -0.2) is 0 Å². The Bertz CT molecular complexity index is 99.2. The molecule has 0 saturated carbocycles. The zero-order valence-electron chi connectivity index (χ0n) is 4.12. The van der Waals surface area contributed by atoms with Crippen LogP contribution in [0.4, 0.5) is 0 Å². The second-order valence-corrected chi connectivity index (χ2v) is 1.34. The Labute approximate surface area is 69.7 Å². The van der Waals surface area contributed by atoms with Crippen LogP contribution in [0.15, 0.2) is 0 Å². The summed E-state index contributed by atoms with van der Waals surface area (Å²) in [6.45, 7) is 0. The van der Waals surface area contributed by atoms with Gasteiger partial charge in [0.2, 0.25) is 0 Å². The Hall–Kier alpha value is 1.09. The maximum absolute atomic E-state index is 8.74. The predicted octanol–water partition coefficient (Wildman–Crippen LogP) is -4.99. The van der Waals surface area contributed by atoms with E-state index in [1.807, 2.05) is 0 Å². The van der Waals surface area contributed by atoms with Crippen LogP contribution in [0.3, 0.4) is 0 Å². The smallest absolute Gasteiger partial charge is 1.00 e. The molecular weight excluding hydrogens is 147 g/mol. The molecule has 4 nitrogen and oxygen atoms in total. The Kier molecular flexibility index (Phi) is 11.7. The van der Waals surface area contributed by atoms with E-state index < -0.39 is 10.4 Å². The molecule has 0 fully saturated rings. The van der Waals surface area contributed by atoms with E-state index in [0.29, 0.717) is 0 Å². The van der Waals surface area contributed by atoms with Gasteiger partial charge in [0.1, 0.15) is 0 Å². The summed E-state index contributed by atoms with van der Waals surface area (Å²) in [5.74, 6) is 0. The topological polar surface area (TPSA) is 74.6 Å². The van der Waals surface area contributed by atoms with Gasteiger partial charge < -0.3 is 1.43 Å². The summed E-state index contributed by atoms with van der Waals surface area (Å²) in [6.07, 6.45) is 0. The second kappa shape index (κ2) is 5.23. The Morgan fingerprint density at radius 3 is 1.29 bits per heavy atom. The number of rotatable bonds is 0. The van der Waals surface area contributed by atoms with Crippen molar-refractivity contribution in [1.82, 2.24) is 0 Å². The maximum atomic E-state index is 8.74. The molecule has 2 N–H and O–H groups in total. The molecule has 7 heavy (non-hydrogen) atoms. The molecule has 0 aromatic heterocycles. The average molecular weight is 154 g/mol. The van der Waals surface area contributed by atoms with Gasteiger partial charge in [0.05, 0.1) is 0 Å². The molecule has 0 unspecified atom stereocenters. The van der Waals surface area contributed by atoms with Crippen molar-refractivity contribution in [2.45, 2.75) is 0 Å². The van der Waals surface area contributed by atoms with Crippen LogP contribution in [0.5, 0.6) is 0 Å². The van der Waals surface area contributed by atoms with Crippen LogP contribution in [0.1, 0.15) is 1.43 Å². The summed E-state index contributed by atoms with van der Waals surface area (Å²) < 4.78 is 31.6. The van der Waals surface area contributed by atoms with Gasteiger partial charge in [0.25, 0.3) is 0 Å². The molecule has 42 valence electrons. The van der Waals surface area contributed by atoms with E-state index in [-0.39, 0.29) is 41.9 Å². The van der Waals surface area contributed by atoms with Crippen LogP contribution < -0.4 is 29.6 Å². The monoisotopic (exact) mass is 154 g/mol. The summed E-state index contributed by atoms with van der Waals surface area (Å²) in [5.41, 5.74) is 0. The van der Waals surface area contributed by atoms with Gasteiger partial charge in [-0.1, -0.05) is 0 Å². The molecule has 0 aliphatic rings. The van der Waals surface area contributed by atoms with Gasteiger partial charge >= 0.3 is 40.0 Å². The van der Waals surface area contributed by atoms with Crippen molar-refractivity contribution >= 4 is 21.4 Å². The summed E-state index contributed by atoms with van der Waals surface area (Å²) in [6, 6.07) is 0. The molecule has 0 bridgehead atoms. The van der Waals surface area contributed by atoms with Crippen molar-refractivity contribution in [3.05, 3.63) is 0 Å². The van der Waals surface area contributed by atoms with Crippen molar-refractivity contribution in [1.29, 1.82) is 0 Å². The molecular formula is H7NaO4SSi. The quantitative estimate of drug-likeness (QED) is 0.271. The third-order valence-electron chi connectivity index (χ3n) is 0. The summed E-state index contributed by atoms with van der Waals surface area (Å²) in [7, 11) is -4.67. The Morgan fingerprint density at radius 2 is 1.29 bits per heavy atom. The normalized spacial score (nSPS) is 8.29. The molecule has 0 rings (SSSR count). The van der Waals surface area contributed by atoms with Crippen LogP contribution in [0, 0.1) is 0 Å². The van der Waals surface area contributed by atoms with Crippen LogP contribution in [0.25, 0.3) is 0 Å². The van der Waals surface area contributed by atoms with Gasteiger partial charge in [0.15, 0.2) is 0 Å². The first-order chi connectivity index (χ1) is 2.00. The standard InChI is InChI=1S/Na.H2O4S.H4Si.H/c;1-5(2,3)4;;/h;(H2,1,2,3,4);1H4;/q+1;;;-1. The third kappa shape index (κ3) is 155. The van der Waals surface area contributed by atoms with Gasteiger partial charge in [-0.2, -0.15) is 8.42 Å². The maximum Gasteiger partial charge on any atom is 1.00 e. The Balaban J connectivity index is -0.0000000267. The van der Waals surface area contributed by atoms with Crippen LogP contribution in [0.2, 0.25) is 0 Å². The summed E-state index contributed by atoms with van der Waals surface area (Å²) in [5, 5.41) is 0. The molecule has 0 aromatic rings. The first-order valence-electron chi connectivity index (χ1n) is 0.698. The molecule has 0 radical (unpaired) electrons. The molecule has 0 saturated heterocycles. The summed E-state index contributed by atoms with van der Waals surface area (Å²) in [4.78, 5) is 0. The van der Waals surface area contributed by atoms with Gasteiger partial charge in [-0.15, -0.1) is 0 Å². The van der Waals surface area contributed by atoms with E-state index in [1.165, 1.54) is 0 Å². The van der Waals surface area contributed by atoms with Crippen LogP contribution in [-0.2, 0) is 10.4 Å². The average Bonchev–Trinajstić information content (AvgIpc) is 0.722. The molecule has 0 aromatic carbocycles. The van der Waals surface area contributed by atoms with E-state index in [2.05, 4.69) is 0 Å². The molecule has 0 amide bonds. The van der Waals surface area contributed by atoms with Crippen molar-refractivity contribution in [3.8, 4) is 0 Å². The molecule has 0 aliphatic heterocycles. The largest absolute Gasteiger partial charge is 1.00 e. The fraction of sp³-hybridized carbons (Fsp3) is 0. The fourth-order valence-electron chi connectivity index (χ4n) is 0. The summed E-state index contributed by atoms with van der Waals surface area (Å²) >= 11 is 0. The fourth-order valence-corrected chi connectivity index (χ4v) is 0. The van der Waals surface area contributed by atoms with Gasteiger partial charge in [-0.3, -0.25) is 9.11 Å². The van der Waals surface area contributed by atoms with E-state index in [1.54, 1.807) is 0 Å². The van der Waals surface area contributed by atoms with E-state index in [9.17, 15) is 0 Å². The van der Waals surface area contributed by atoms with Crippen molar-refractivity contribution in [2.75, 3.05) is 0 Å². The van der Waals surface area contributed by atoms with Crippen molar-refractivity contribution in [2.24, 2.45) is 0 Å². The molecule has 0 heterocycles. The van der Waals surface area contributed by atoms with Crippen molar-refractivity contribution in [3.63, 3.8) is 0 Å². The molecule has 7 heteroatoms. The number of hydrogen-bond acceptors (Lipinski definition) is 2. The van der Waals surface area contributed by atoms with E-state index in [0.717, 1.165) is 0 Å². The third-order valence-corrected chi connectivity index (χ3v) is 0. The predicted molar refractivity (Wildman–Crippen MR) is 26.6 cm³/mol. The minimum Gasteiger partial charge on any atom is -1.00 e. The van der Waals surface area contributed by atoms with Crippen LogP contribution in [-0.4, -0.2) is 28.5 Å². The molecule has 0 aliphatic carbocycles. The van der Waals surface area contributed by atoms with E-state index in [4.69, 9.17) is 17.5 Å². The first-order valence-corrected chi connectivity index (χ1v) is 2.10. The van der Waals surface area contributed by atoms with Crippen molar-refractivity contribution < 1.29 is 48.5 Å². The Morgan fingerprint density at radius 1 is 1.29 bits per heavy atom.